The number of hydrogen-bond acceptors (Lipinski definition) is 6. The standard InChI is InChI=1S/C30H48O7S/c1-25(2)14-15-30(24(32)33)19(16-25)18-8-9-21-27(5)12-11-23(37-38(34,35)36)26(3,4)20(27)10-13-28(21,6)29(18,7)17-22(30)31/h8,19-23,31H,9-17H2,1-7H3,(H,32,33)(H,34,35,36)/p-1/t19-,20-,21+,22+,23-,27-,28+,29+,30+/m0/s1. The second kappa shape index (κ2) is 8.29. The topological polar surface area (TPSA) is 124 Å². The maximum Gasteiger partial charge on any atom is 0.312 e. The first-order valence-electron chi connectivity index (χ1n) is 14.5. The van der Waals surface area contributed by atoms with Gasteiger partial charge in [-0.2, -0.15) is 0 Å². The second-order valence-corrected chi connectivity index (χ2v) is 16.6. The molecule has 0 aromatic rings. The lowest BCUT2D eigenvalue weighted by atomic mass is 9.33. The number of aliphatic hydroxyl groups excluding tert-OH is 1. The van der Waals surface area contributed by atoms with Crippen LogP contribution in [0, 0.1) is 50.2 Å². The molecule has 0 aromatic carbocycles. The van der Waals surface area contributed by atoms with Crippen LogP contribution in [0.5, 0.6) is 0 Å². The number of aliphatic carboxylic acids is 1. The van der Waals surface area contributed by atoms with Crippen molar-refractivity contribution in [1.29, 1.82) is 0 Å². The van der Waals surface area contributed by atoms with E-state index in [0.717, 1.165) is 38.5 Å². The molecule has 2 N–H and O–H groups in total. The van der Waals surface area contributed by atoms with Crippen LogP contribution in [0.3, 0.4) is 0 Å². The van der Waals surface area contributed by atoms with Crippen LogP contribution in [-0.4, -0.2) is 41.4 Å². The highest BCUT2D eigenvalue weighted by molar-refractivity contribution is 7.80. The highest BCUT2D eigenvalue weighted by Crippen LogP contribution is 2.75. The van der Waals surface area contributed by atoms with Gasteiger partial charge in [-0.1, -0.05) is 60.1 Å². The molecular formula is C30H47O7S-. The predicted octanol–water partition coefficient (Wildman–Crippen LogP) is 5.69. The fourth-order valence-corrected chi connectivity index (χ4v) is 11.6. The molecule has 0 unspecified atom stereocenters. The normalized spacial score (nSPS) is 49.5. The van der Waals surface area contributed by atoms with E-state index in [1.165, 1.54) is 5.57 Å². The lowest BCUT2D eigenvalue weighted by molar-refractivity contribution is -0.216. The molecule has 0 aromatic heterocycles. The maximum absolute atomic E-state index is 12.8. The zero-order chi connectivity index (χ0) is 28.3. The molecule has 38 heavy (non-hydrogen) atoms. The first-order valence-corrected chi connectivity index (χ1v) is 15.8. The van der Waals surface area contributed by atoms with Gasteiger partial charge in [-0.05, 0) is 103 Å². The van der Waals surface area contributed by atoms with Gasteiger partial charge in [-0.25, -0.2) is 8.42 Å². The molecule has 0 saturated heterocycles. The van der Waals surface area contributed by atoms with E-state index in [4.69, 9.17) is 4.18 Å². The molecule has 9 atom stereocenters. The molecule has 5 aliphatic carbocycles. The van der Waals surface area contributed by atoms with Crippen molar-refractivity contribution in [2.75, 3.05) is 0 Å². The summed E-state index contributed by atoms with van der Waals surface area (Å²) < 4.78 is 39.7. The first-order chi connectivity index (χ1) is 17.2. The maximum atomic E-state index is 12.8. The summed E-state index contributed by atoms with van der Waals surface area (Å²) in [6, 6.07) is 0. The summed E-state index contributed by atoms with van der Waals surface area (Å²) in [5.41, 5.74) is -0.867. The highest BCUT2D eigenvalue weighted by atomic mass is 32.3. The lowest BCUT2D eigenvalue weighted by Gasteiger charge is -2.71. The van der Waals surface area contributed by atoms with Gasteiger partial charge in [0.05, 0.1) is 12.2 Å². The van der Waals surface area contributed by atoms with E-state index in [0.29, 0.717) is 25.2 Å². The van der Waals surface area contributed by atoms with E-state index < -0.39 is 39.4 Å². The van der Waals surface area contributed by atoms with Crippen LogP contribution in [0.15, 0.2) is 11.6 Å². The fraction of sp³-hybridized carbons (Fsp3) is 0.900. The van der Waals surface area contributed by atoms with E-state index >= 15 is 0 Å². The molecule has 5 aliphatic rings. The van der Waals surface area contributed by atoms with E-state index in [9.17, 15) is 28.0 Å². The highest BCUT2D eigenvalue weighted by Gasteiger charge is 2.71. The van der Waals surface area contributed by atoms with Gasteiger partial charge in [0.15, 0.2) is 0 Å². The SMILES string of the molecule is CC1(C)CC[C@]2(C(=O)O)[C@H](O)C[C@]3(C)C(=CC[C@@H]4[C@@]5(C)CC[C@H](OS(=O)(=O)[O-])C(C)(C)[C@@H]5CC[C@]43C)[C@@H]2C1. The third-order valence-corrected chi connectivity index (χ3v) is 13.7. The minimum absolute atomic E-state index is 0.0220. The van der Waals surface area contributed by atoms with Gasteiger partial charge in [-0.3, -0.25) is 8.98 Å². The van der Waals surface area contributed by atoms with Crippen molar-refractivity contribution in [2.24, 2.45) is 50.2 Å². The van der Waals surface area contributed by atoms with Gasteiger partial charge in [0, 0.05) is 0 Å². The minimum Gasteiger partial charge on any atom is -0.726 e. The largest absolute Gasteiger partial charge is 0.726 e. The Morgan fingerprint density at radius 3 is 2.24 bits per heavy atom. The molecule has 0 amide bonds. The summed E-state index contributed by atoms with van der Waals surface area (Å²) in [6.45, 7) is 15.6. The van der Waals surface area contributed by atoms with Crippen molar-refractivity contribution in [3.8, 4) is 0 Å². The molecule has 7 nitrogen and oxygen atoms in total. The minimum atomic E-state index is -4.79. The summed E-state index contributed by atoms with van der Waals surface area (Å²) in [4.78, 5) is 12.8. The number of rotatable bonds is 3. The number of aliphatic hydroxyl groups is 1. The van der Waals surface area contributed by atoms with Crippen LogP contribution in [0.25, 0.3) is 0 Å². The van der Waals surface area contributed by atoms with Crippen LogP contribution in [-0.2, 0) is 19.4 Å². The number of fused-ring (bicyclic) bond motifs is 7. The molecule has 0 heterocycles. The Bertz CT molecular complexity index is 1160. The molecule has 0 bridgehead atoms. The van der Waals surface area contributed by atoms with Gasteiger partial charge >= 0.3 is 5.97 Å². The van der Waals surface area contributed by atoms with Crippen molar-refractivity contribution in [1.82, 2.24) is 0 Å². The quantitative estimate of drug-likeness (QED) is 0.262. The molecule has 5 rings (SSSR count). The van der Waals surface area contributed by atoms with Gasteiger partial charge in [-0.15, -0.1) is 0 Å². The van der Waals surface area contributed by atoms with Crippen LogP contribution in [0.1, 0.15) is 106 Å². The third kappa shape index (κ3) is 3.68. The molecule has 4 saturated carbocycles. The predicted molar refractivity (Wildman–Crippen MR) is 143 cm³/mol. The fourth-order valence-electron chi connectivity index (χ4n) is 11.0. The zero-order valence-corrected chi connectivity index (χ0v) is 25.0. The summed E-state index contributed by atoms with van der Waals surface area (Å²) >= 11 is 0. The second-order valence-electron chi connectivity index (χ2n) is 15.6. The van der Waals surface area contributed by atoms with Crippen LogP contribution >= 0.6 is 0 Å². The Labute approximate surface area is 228 Å². The van der Waals surface area contributed by atoms with Crippen molar-refractivity contribution < 1.29 is 32.2 Å². The van der Waals surface area contributed by atoms with Gasteiger partial charge in [0.1, 0.15) is 5.41 Å². The van der Waals surface area contributed by atoms with Crippen molar-refractivity contribution in [3.63, 3.8) is 0 Å². The molecular weight excluding hydrogens is 504 g/mol. The average molecular weight is 552 g/mol. The Morgan fingerprint density at radius 2 is 1.63 bits per heavy atom. The van der Waals surface area contributed by atoms with Crippen molar-refractivity contribution >= 4 is 16.4 Å². The van der Waals surface area contributed by atoms with Crippen LogP contribution in [0.4, 0.5) is 0 Å². The Morgan fingerprint density at radius 1 is 0.974 bits per heavy atom. The monoisotopic (exact) mass is 551 g/mol. The summed E-state index contributed by atoms with van der Waals surface area (Å²) in [5, 5.41) is 22.2. The van der Waals surface area contributed by atoms with Crippen LogP contribution < -0.4 is 0 Å². The number of allylic oxidation sites excluding steroid dienone is 2. The Hall–Kier alpha value is -0.960. The third-order valence-electron chi connectivity index (χ3n) is 13.3. The molecule has 8 heteroatoms. The molecule has 0 spiro atoms. The average Bonchev–Trinajstić information content (AvgIpc) is 2.75. The molecule has 0 aliphatic heterocycles. The first kappa shape index (κ1) is 28.6. The molecule has 0 radical (unpaired) electrons. The lowest BCUT2D eigenvalue weighted by Crippen LogP contribution is -2.67. The molecule has 4 fully saturated rings. The Kier molecular flexibility index (Phi) is 6.23. The number of carboxylic acids is 1. The summed E-state index contributed by atoms with van der Waals surface area (Å²) in [5.74, 6) is -0.548. The number of carboxylic acid groups (broad SMARTS) is 1. The van der Waals surface area contributed by atoms with Crippen molar-refractivity contribution in [2.45, 2.75) is 118 Å². The number of carbonyl (C=O) groups is 1. The van der Waals surface area contributed by atoms with E-state index in [-0.39, 0.29) is 33.5 Å². The van der Waals surface area contributed by atoms with Gasteiger partial charge in [0.25, 0.3) is 0 Å². The number of hydrogen-bond donors (Lipinski definition) is 2. The van der Waals surface area contributed by atoms with Gasteiger partial charge < -0.3 is 14.8 Å². The molecule has 216 valence electrons. The summed E-state index contributed by atoms with van der Waals surface area (Å²) in [6.07, 6.45) is 7.31. The van der Waals surface area contributed by atoms with Crippen molar-refractivity contribution in [3.05, 3.63) is 11.6 Å². The smallest absolute Gasteiger partial charge is 0.312 e. The van der Waals surface area contributed by atoms with E-state index in [2.05, 4.69) is 54.5 Å². The van der Waals surface area contributed by atoms with E-state index in [1.54, 1.807) is 0 Å². The Balaban J connectivity index is 1.58. The van der Waals surface area contributed by atoms with E-state index in [1.807, 2.05) is 0 Å². The van der Waals surface area contributed by atoms with Crippen LogP contribution in [0.2, 0.25) is 0 Å². The van der Waals surface area contributed by atoms with Gasteiger partial charge in [0.2, 0.25) is 10.4 Å². The summed E-state index contributed by atoms with van der Waals surface area (Å²) in [7, 11) is -4.79. The zero-order valence-electron chi connectivity index (χ0n) is 24.2.